The van der Waals surface area contributed by atoms with E-state index in [-0.39, 0.29) is 5.60 Å². The third-order valence-electron chi connectivity index (χ3n) is 2.94. The predicted molar refractivity (Wildman–Crippen MR) is 64.4 cm³/mol. The molecule has 0 aromatic carbocycles. The molecule has 1 fully saturated rings. The molecule has 1 N–H and O–H groups in total. The van der Waals surface area contributed by atoms with Crippen molar-refractivity contribution in [3.05, 3.63) is 0 Å². The molecule has 0 aromatic rings. The van der Waals surface area contributed by atoms with Gasteiger partial charge in [-0.1, -0.05) is 22.6 Å². The molecule has 0 radical (unpaired) electrons. The molecule has 1 heterocycles. The SMILES string of the molecule is CN1CCC(O)(CCCCI)CC1. The molecule has 0 amide bonds. The highest BCUT2D eigenvalue weighted by atomic mass is 127. The van der Waals surface area contributed by atoms with E-state index in [1.54, 1.807) is 0 Å². The Hall–Kier alpha value is 0.650. The molecule has 0 unspecified atom stereocenters. The lowest BCUT2D eigenvalue weighted by molar-refractivity contribution is -0.0237. The normalized spacial score (nSPS) is 23.3. The van der Waals surface area contributed by atoms with Gasteiger partial charge in [-0.05, 0) is 43.6 Å². The lowest BCUT2D eigenvalue weighted by atomic mass is 9.87. The van der Waals surface area contributed by atoms with Crippen LogP contribution in [0.25, 0.3) is 0 Å². The minimum atomic E-state index is -0.335. The highest BCUT2D eigenvalue weighted by Crippen LogP contribution is 2.26. The van der Waals surface area contributed by atoms with Gasteiger partial charge >= 0.3 is 0 Å². The van der Waals surface area contributed by atoms with E-state index in [4.69, 9.17) is 0 Å². The van der Waals surface area contributed by atoms with Gasteiger partial charge in [0.1, 0.15) is 0 Å². The van der Waals surface area contributed by atoms with Crippen LogP contribution in [0.4, 0.5) is 0 Å². The number of unbranched alkanes of at least 4 members (excludes halogenated alkanes) is 1. The molecule has 2 nitrogen and oxygen atoms in total. The van der Waals surface area contributed by atoms with Crippen molar-refractivity contribution in [2.24, 2.45) is 0 Å². The van der Waals surface area contributed by atoms with Crippen molar-refractivity contribution in [3.8, 4) is 0 Å². The molecule has 1 aliphatic rings. The van der Waals surface area contributed by atoms with E-state index in [1.165, 1.54) is 17.3 Å². The molecule has 13 heavy (non-hydrogen) atoms. The van der Waals surface area contributed by atoms with E-state index < -0.39 is 0 Å². The van der Waals surface area contributed by atoms with Crippen molar-refractivity contribution in [3.63, 3.8) is 0 Å². The Balaban J connectivity index is 2.22. The Bertz CT molecular complexity index is 144. The molecule has 0 bridgehead atoms. The molecule has 0 saturated carbocycles. The lowest BCUT2D eigenvalue weighted by Crippen LogP contribution is -2.42. The Morgan fingerprint density at radius 2 is 1.92 bits per heavy atom. The molecule has 78 valence electrons. The quantitative estimate of drug-likeness (QED) is 0.488. The summed E-state index contributed by atoms with van der Waals surface area (Å²) in [6.07, 6.45) is 5.36. The number of rotatable bonds is 4. The number of aliphatic hydroxyl groups is 1. The molecular formula is C10H20INO. The number of alkyl halides is 1. The Kier molecular flexibility index (Phi) is 4.97. The summed E-state index contributed by atoms with van der Waals surface area (Å²) in [5.74, 6) is 0. The fraction of sp³-hybridized carbons (Fsp3) is 1.00. The van der Waals surface area contributed by atoms with E-state index in [1.807, 2.05) is 0 Å². The van der Waals surface area contributed by atoms with Gasteiger partial charge in [-0.25, -0.2) is 0 Å². The average molecular weight is 297 g/mol. The highest BCUT2D eigenvalue weighted by Gasteiger charge is 2.29. The van der Waals surface area contributed by atoms with E-state index in [2.05, 4.69) is 34.5 Å². The van der Waals surface area contributed by atoms with Gasteiger partial charge in [0.25, 0.3) is 0 Å². The van der Waals surface area contributed by atoms with Crippen LogP contribution >= 0.6 is 22.6 Å². The van der Waals surface area contributed by atoms with Crippen LogP contribution in [-0.4, -0.2) is 40.2 Å². The van der Waals surface area contributed by atoms with Crippen LogP contribution < -0.4 is 0 Å². The van der Waals surface area contributed by atoms with Crippen molar-refractivity contribution in [2.75, 3.05) is 24.6 Å². The molecule has 1 rings (SSSR count). The van der Waals surface area contributed by atoms with Gasteiger partial charge in [-0.3, -0.25) is 0 Å². The van der Waals surface area contributed by atoms with Crippen LogP contribution in [0.5, 0.6) is 0 Å². The van der Waals surface area contributed by atoms with Gasteiger partial charge in [0.2, 0.25) is 0 Å². The summed E-state index contributed by atoms with van der Waals surface area (Å²) in [6.45, 7) is 2.11. The van der Waals surface area contributed by atoms with Gasteiger partial charge in [-0.2, -0.15) is 0 Å². The first-order valence-electron chi connectivity index (χ1n) is 5.13. The number of likely N-dealkylation sites (tertiary alicyclic amines) is 1. The summed E-state index contributed by atoms with van der Waals surface area (Å²) in [6, 6.07) is 0. The van der Waals surface area contributed by atoms with Crippen LogP contribution in [0.1, 0.15) is 32.1 Å². The molecule has 0 atom stereocenters. The highest BCUT2D eigenvalue weighted by molar-refractivity contribution is 14.1. The van der Waals surface area contributed by atoms with Gasteiger partial charge < -0.3 is 10.0 Å². The Labute approximate surface area is 94.8 Å². The summed E-state index contributed by atoms with van der Waals surface area (Å²) in [4.78, 5) is 2.30. The predicted octanol–water partition coefficient (Wildman–Crippen LogP) is 2.05. The second kappa shape index (κ2) is 5.51. The largest absolute Gasteiger partial charge is 0.390 e. The van der Waals surface area contributed by atoms with Crippen LogP contribution in [0.2, 0.25) is 0 Å². The standard InChI is InChI=1S/C10H20INO/c1-12-8-5-10(13,6-9-12)4-2-3-7-11/h13H,2-9H2,1H3. The molecule has 1 saturated heterocycles. The van der Waals surface area contributed by atoms with Gasteiger partial charge in [0.05, 0.1) is 5.60 Å². The number of hydrogen-bond donors (Lipinski definition) is 1. The summed E-state index contributed by atoms with van der Waals surface area (Å²) < 4.78 is 1.22. The lowest BCUT2D eigenvalue weighted by Gasteiger charge is -2.36. The molecule has 3 heteroatoms. The monoisotopic (exact) mass is 297 g/mol. The van der Waals surface area contributed by atoms with Crippen molar-refractivity contribution in [1.29, 1.82) is 0 Å². The van der Waals surface area contributed by atoms with Gasteiger partial charge in [-0.15, -0.1) is 0 Å². The molecular weight excluding hydrogens is 277 g/mol. The Morgan fingerprint density at radius 1 is 1.31 bits per heavy atom. The van der Waals surface area contributed by atoms with E-state index in [9.17, 15) is 5.11 Å². The average Bonchev–Trinajstić information content (AvgIpc) is 2.12. The van der Waals surface area contributed by atoms with Gasteiger partial charge in [0.15, 0.2) is 0 Å². The first kappa shape index (κ1) is 11.7. The minimum absolute atomic E-state index is 0.335. The van der Waals surface area contributed by atoms with Crippen LogP contribution in [0.15, 0.2) is 0 Å². The third-order valence-corrected chi connectivity index (χ3v) is 3.71. The van der Waals surface area contributed by atoms with Crippen molar-refractivity contribution in [1.82, 2.24) is 4.90 Å². The molecule has 1 aliphatic heterocycles. The second-order valence-electron chi connectivity index (χ2n) is 4.17. The number of piperidine rings is 1. The summed E-state index contributed by atoms with van der Waals surface area (Å²) in [5, 5.41) is 10.2. The van der Waals surface area contributed by atoms with Crippen LogP contribution in [-0.2, 0) is 0 Å². The zero-order valence-electron chi connectivity index (χ0n) is 8.43. The minimum Gasteiger partial charge on any atom is -0.390 e. The van der Waals surface area contributed by atoms with Crippen LogP contribution in [0.3, 0.4) is 0 Å². The van der Waals surface area contributed by atoms with Gasteiger partial charge in [0, 0.05) is 13.1 Å². The smallest absolute Gasteiger partial charge is 0.0672 e. The topological polar surface area (TPSA) is 23.5 Å². The summed E-state index contributed by atoms with van der Waals surface area (Å²) >= 11 is 2.40. The molecule has 0 aromatic heterocycles. The zero-order valence-corrected chi connectivity index (χ0v) is 10.6. The Morgan fingerprint density at radius 3 is 2.46 bits per heavy atom. The summed E-state index contributed by atoms with van der Waals surface area (Å²) in [7, 11) is 2.13. The maximum absolute atomic E-state index is 10.2. The second-order valence-corrected chi connectivity index (χ2v) is 5.25. The number of hydrogen-bond acceptors (Lipinski definition) is 2. The van der Waals surface area contributed by atoms with Crippen molar-refractivity contribution in [2.45, 2.75) is 37.7 Å². The maximum atomic E-state index is 10.2. The van der Waals surface area contributed by atoms with E-state index >= 15 is 0 Å². The zero-order chi connectivity index (χ0) is 9.73. The van der Waals surface area contributed by atoms with E-state index in [0.717, 1.165) is 32.4 Å². The maximum Gasteiger partial charge on any atom is 0.0672 e. The fourth-order valence-corrected chi connectivity index (χ4v) is 2.37. The first-order valence-corrected chi connectivity index (χ1v) is 6.66. The fourth-order valence-electron chi connectivity index (χ4n) is 1.83. The summed E-state index contributed by atoms with van der Waals surface area (Å²) in [5.41, 5.74) is -0.335. The molecule has 0 spiro atoms. The third kappa shape index (κ3) is 4.13. The molecule has 0 aliphatic carbocycles. The van der Waals surface area contributed by atoms with E-state index in [0.29, 0.717) is 0 Å². The number of halogens is 1. The van der Waals surface area contributed by atoms with Crippen LogP contribution in [0, 0.1) is 0 Å². The van der Waals surface area contributed by atoms with Crippen molar-refractivity contribution < 1.29 is 5.11 Å². The number of nitrogens with zero attached hydrogens (tertiary/aromatic N) is 1. The first-order chi connectivity index (χ1) is 6.16. The van der Waals surface area contributed by atoms with Crippen molar-refractivity contribution >= 4 is 22.6 Å².